The molecule has 1 aromatic carbocycles. The van der Waals surface area contributed by atoms with Crippen LogP contribution in [0.25, 0.3) is 10.6 Å². The van der Waals surface area contributed by atoms with E-state index in [0.29, 0.717) is 25.0 Å². The van der Waals surface area contributed by atoms with Gasteiger partial charge in [0, 0.05) is 30.0 Å². The molecule has 0 spiro atoms. The summed E-state index contributed by atoms with van der Waals surface area (Å²) in [6.07, 6.45) is 2.12. The van der Waals surface area contributed by atoms with Crippen molar-refractivity contribution < 1.29 is 9.26 Å². The van der Waals surface area contributed by atoms with Crippen LogP contribution in [0.5, 0.6) is 5.75 Å². The third-order valence-corrected chi connectivity index (χ3v) is 5.90. The Balaban J connectivity index is 1.51. The van der Waals surface area contributed by atoms with Gasteiger partial charge >= 0.3 is 0 Å². The predicted molar refractivity (Wildman–Crippen MR) is 121 cm³/mol. The molecule has 0 radical (unpaired) electrons. The van der Waals surface area contributed by atoms with Crippen LogP contribution in [0.4, 0.5) is 0 Å². The van der Waals surface area contributed by atoms with Crippen LogP contribution in [0, 0.1) is 0 Å². The van der Waals surface area contributed by atoms with Crippen molar-refractivity contribution in [3.63, 3.8) is 0 Å². The van der Waals surface area contributed by atoms with E-state index in [0.717, 1.165) is 46.3 Å². The van der Waals surface area contributed by atoms with Crippen LogP contribution in [-0.2, 0) is 13.1 Å². The summed E-state index contributed by atoms with van der Waals surface area (Å²) in [5.74, 6) is 2.78. The molecule has 0 amide bonds. The Labute approximate surface area is 181 Å². The van der Waals surface area contributed by atoms with E-state index in [1.54, 1.807) is 25.5 Å². The van der Waals surface area contributed by atoms with Crippen molar-refractivity contribution in [1.29, 1.82) is 0 Å². The third kappa shape index (κ3) is 5.60. The van der Waals surface area contributed by atoms with Crippen molar-refractivity contribution in [3.8, 4) is 16.3 Å². The Morgan fingerprint density at radius 1 is 1.17 bits per heavy atom. The minimum atomic E-state index is 0.449. The highest BCUT2D eigenvalue weighted by molar-refractivity contribution is 7.13. The van der Waals surface area contributed by atoms with Gasteiger partial charge in [0.25, 0.3) is 0 Å². The van der Waals surface area contributed by atoms with Gasteiger partial charge in [-0.3, -0.25) is 4.99 Å². The molecule has 3 aromatic rings. The Kier molecular flexibility index (Phi) is 7.84. The number of thiazole rings is 1. The molecule has 0 saturated heterocycles. The predicted octanol–water partition coefficient (Wildman–Crippen LogP) is 4.58. The van der Waals surface area contributed by atoms with Crippen LogP contribution >= 0.6 is 11.3 Å². The molecule has 8 heteroatoms. The van der Waals surface area contributed by atoms with Crippen LogP contribution in [0.2, 0.25) is 0 Å². The van der Waals surface area contributed by atoms with Crippen LogP contribution in [-0.4, -0.2) is 30.3 Å². The first-order valence-electron chi connectivity index (χ1n) is 10.2. The smallest absolute Gasteiger partial charge is 0.191 e. The number of hydrogen-bond donors (Lipinski definition) is 2. The quantitative estimate of drug-likeness (QED) is 0.384. The standard InChI is InChI=1S/C22H29N5O2S/c1-5-15(6-2)20-11-19(29-27-20)13-25-22(23-3)24-12-17-14-30-21(26-17)16-7-9-18(28-4)10-8-16/h7-11,14-15H,5-6,12-13H2,1-4H3,(H2,23,24,25). The molecule has 2 heterocycles. The van der Waals surface area contributed by atoms with E-state index < -0.39 is 0 Å². The van der Waals surface area contributed by atoms with E-state index >= 15 is 0 Å². The molecule has 2 N–H and O–H groups in total. The molecule has 0 aliphatic heterocycles. The number of nitrogens with zero attached hydrogens (tertiary/aromatic N) is 3. The Morgan fingerprint density at radius 2 is 1.90 bits per heavy atom. The molecule has 160 valence electrons. The largest absolute Gasteiger partial charge is 0.497 e. The van der Waals surface area contributed by atoms with Gasteiger partial charge in [-0.1, -0.05) is 19.0 Å². The van der Waals surface area contributed by atoms with Crippen molar-refractivity contribution in [2.75, 3.05) is 14.2 Å². The monoisotopic (exact) mass is 427 g/mol. The molecule has 0 unspecified atom stereocenters. The van der Waals surface area contributed by atoms with Gasteiger partial charge in [-0.05, 0) is 37.1 Å². The lowest BCUT2D eigenvalue weighted by Crippen LogP contribution is -2.36. The first kappa shape index (κ1) is 21.8. The molecular weight excluding hydrogens is 398 g/mol. The van der Waals surface area contributed by atoms with E-state index in [-0.39, 0.29) is 0 Å². The fourth-order valence-corrected chi connectivity index (χ4v) is 3.96. The number of methoxy groups -OCH3 is 1. The highest BCUT2D eigenvalue weighted by Gasteiger charge is 2.13. The first-order chi connectivity index (χ1) is 14.7. The van der Waals surface area contributed by atoms with Gasteiger partial charge in [0.1, 0.15) is 10.8 Å². The maximum Gasteiger partial charge on any atom is 0.191 e. The van der Waals surface area contributed by atoms with Gasteiger partial charge in [0.2, 0.25) is 0 Å². The summed E-state index contributed by atoms with van der Waals surface area (Å²) in [6.45, 7) is 5.46. The maximum absolute atomic E-state index is 5.46. The molecule has 7 nitrogen and oxygen atoms in total. The summed E-state index contributed by atoms with van der Waals surface area (Å²) in [7, 11) is 3.41. The average Bonchev–Trinajstić information content (AvgIpc) is 3.45. The van der Waals surface area contributed by atoms with Crippen molar-refractivity contribution in [1.82, 2.24) is 20.8 Å². The van der Waals surface area contributed by atoms with E-state index in [2.05, 4.69) is 40.0 Å². The summed E-state index contributed by atoms with van der Waals surface area (Å²) in [4.78, 5) is 8.98. The first-order valence-corrected chi connectivity index (χ1v) is 11.0. The maximum atomic E-state index is 5.46. The normalized spacial score (nSPS) is 11.7. The Hall–Kier alpha value is -2.87. The number of aliphatic imine (C=N–C) groups is 1. The minimum absolute atomic E-state index is 0.449. The second-order valence-electron chi connectivity index (χ2n) is 6.88. The number of guanidine groups is 1. The zero-order chi connectivity index (χ0) is 21.3. The number of nitrogens with one attached hydrogen (secondary N) is 2. The van der Waals surface area contributed by atoms with Gasteiger partial charge in [0.05, 0.1) is 31.6 Å². The van der Waals surface area contributed by atoms with Crippen LogP contribution in [0.1, 0.15) is 49.8 Å². The minimum Gasteiger partial charge on any atom is -0.497 e. The van der Waals surface area contributed by atoms with E-state index in [1.807, 2.05) is 30.3 Å². The molecular formula is C22H29N5O2S. The Bertz CT molecular complexity index is 945. The van der Waals surface area contributed by atoms with Crippen LogP contribution < -0.4 is 15.4 Å². The van der Waals surface area contributed by atoms with Gasteiger partial charge in [0.15, 0.2) is 11.7 Å². The molecule has 2 aromatic heterocycles. The summed E-state index contributed by atoms with van der Waals surface area (Å²) in [5.41, 5.74) is 3.06. The topological polar surface area (TPSA) is 84.6 Å². The van der Waals surface area contributed by atoms with Crippen molar-refractivity contribution in [2.24, 2.45) is 4.99 Å². The van der Waals surface area contributed by atoms with Crippen LogP contribution in [0.3, 0.4) is 0 Å². The van der Waals surface area contributed by atoms with Crippen molar-refractivity contribution in [2.45, 2.75) is 45.7 Å². The average molecular weight is 428 g/mol. The fraction of sp³-hybridized carbons (Fsp3) is 0.409. The van der Waals surface area contributed by atoms with E-state index in [1.165, 1.54) is 0 Å². The van der Waals surface area contributed by atoms with Crippen LogP contribution in [0.15, 0.2) is 45.2 Å². The summed E-state index contributed by atoms with van der Waals surface area (Å²) >= 11 is 1.62. The van der Waals surface area contributed by atoms with Crippen molar-refractivity contribution >= 4 is 17.3 Å². The fourth-order valence-electron chi connectivity index (χ4n) is 3.13. The molecule has 3 rings (SSSR count). The molecule has 0 atom stereocenters. The zero-order valence-electron chi connectivity index (χ0n) is 17.9. The summed E-state index contributed by atoms with van der Waals surface area (Å²) in [6, 6.07) is 9.95. The number of ether oxygens (including phenoxy) is 1. The summed E-state index contributed by atoms with van der Waals surface area (Å²) in [5, 5.41) is 13.8. The summed E-state index contributed by atoms with van der Waals surface area (Å²) < 4.78 is 10.7. The van der Waals surface area contributed by atoms with E-state index in [4.69, 9.17) is 14.2 Å². The molecule has 0 fully saturated rings. The van der Waals surface area contributed by atoms with Gasteiger partial charge in [-0.25, -0.2) is 4.98 Å². The molecule has 30 heavy (non-hydrogen) atoms. The number of aromatic nitrogens is 2. The van der Waals surface area contributed by atoms with Gasteiger partial charge in [-0.2, -0.15) is 0 Å². The Morgan fingerprint density at radius 3 is 2.57 bits per heavy atom. The van der Waals surface area contributed by atoms with Gasteiger partial charge in [-0.15, -0.1) is 11.3 Å². The number of hydrogen-bond acceptors (Lipinski definition) is 6. The zero-order valence-corrected chi connectivity index (χ0v) is 18.8. The molecule has 0 aliphatic rings. The molecule has 0 saturated carbocycles. The highest BCUT2D eigenvalue weighted by atomic mass is 32.1. The lowest BCUT2D eigenvalue weighted by Gasteiger charge is -2.09. The third-order valence-electron chi connectivity index (χ3n) is 4.96. The second-order valence-corrected chi connectivity index (χ2v) is 7.74. The van der Waals surface area contributed by atoms with Gasteiger partial charge < -0.3 is 19.9 Å². The number of benzene rings is 1. The molecule has 0 bridgehead atoms. The lowest BCUT2D eigenvalue weighted by molar-refractivity contribution is 0.368. The highest BCUT2D eigenvalue weighted by Crippen LogP contribution is 2.25. The SMILES string of the molecule is CCC(CC)c1cc(CNC(=NC)NCc2csc(-c3ccc(OC)cc3)n2)on1. The second kappa shape index (κ2) is 10.8. The number of rotatable bonds is 9. The van der Waals surface area contributed by atoms with E-state index in [9.17, 15) is 0 Å². The van der Waals surface area contributed by atoms with Crippen molar-refractivity contribution in [3.05, 3.63) is 52.9 Å². The lowest BCUT2D eigenvalue weighted by atomic mass is 9.99. The molecule has 0 aliphatic carbocycles.